The van der Waals surface area contributed by atoms with Gasteiger partial charge in [0.05, 0.1) is 23.8 Å². The van der Waals surface area contributed by atoms with Crippen LogP contribution >= 0.6 is 11.3 Å². The fourth-order valence-electron chi connectivity index (χ4n) is 3.38. The normalized spacial score (nSPS) is 16.9. The predicted octanol–water partition coefficient (Wildman–Crippen LogP) is 3.21. The summed E-state index contributed by atoms with van der Waals surface area (Å²) in [5.41, 5.74) is 0.835. The van der Waals surface area contributed by atoms with Crippen LogP contribution in [0.1, 0.15) is 39.6 Å². The molecule has 4 rings (SSSR count). The van der Waals surface area contributed by atoms with Gasteiger partial charge in [-0.25, -0.2) is 19.3 Å². The molecule has 1 fully saturated rings. The minimum absolute atomic E-state index is 0.113. The van der Waals surface area contributed by atoms with Gasteiger partial charge in [-0.15, -0.1) is 11.3 Å². The van der Waals surface area contributed by atoms with E-state index < -0.39 is 17.8 Å². The number of carbonyl (C=O) groups is 1. The maximum absolute atomic E-state index is 15.5. The molecule has 2 N–H and O–H groups in total. The smallest absolute Gasteiger partial charge is 0.254 e. The predicted molar refractivity (Wildman–Crippen MR) is 123 cm³/mol. The number of thiazole rings is 1. The number of halogens is 1. The first-order valence-electron chi connectivity index (χ1n) is 10.7. The zero-order chi connectivity index (χ0) is 23.4. The van der Waals surface area contributed by atoms with Crippen molar-refractivity contribution in [2.24, 2.45) is 0 Å². The minimum Gasteiger partial charge on any atom is -0.491 e. The standard InChI is InChI=1S/C23H26FN5O3S/c1-13-8-28-23(33-13)20-7-17(32-12-18-11-25-4-5-31-18)6-19(21(20)24)22(30)29-14(2)16-9-26-15(3)27-10-16/h6-10,14,18,25H,4-5,11-12H2,1-3H3,(H,29,30)/t14-,18-/m1/s1. The van der Waals surface area contributed by atoms with Crippen molar-refractivity contribution in [3.8, 4) is 16.3 Å². The van der Waals surface area contributed by atoms with Crippen molar-refractivity contribution in [3.05, 3.63) is 58.4 Å². The zero-order valence-electron chi connectivity index (χ0n) is 18.7. The van der Waals surface area contributed by atoms with E-state index in [4.69, 9.17) is 9.47 Å². The van der Waals surface area contributed by atoms with Crippen molar-refractivity contribution in [2.45, 2.75) is 32.9 Å². The van der Waals surface area contributed by atoms with Crippen LogP contribution in [0.5, 0.6) is 5.75 Å². The molecule has 0 spiro atoms. The summed E-state index contributed by atoms with van der Waals surface area (Å²) in [6.07, 6.45) is 4.84. The van der Waals surface area contributed by atoms with E-state index in [0.29, 0.717) is 29.7 Å². The lowest BCUT2D eigenvalue weighted by Gasteiger charge is -2.24. The molecule has 3 aromatic rings. The molecule has 1 amide bonds. The number of nitrogens with one attached hydrogen (secondary N) is 2. The lowest BCUT2D eigenvalue weighted by molar-refractivity contribution is 0.000182. The number of aryl methyl sites for hydroxylation is 2. The Morgan fingerprint density at radius 3 is 2.76 bits per heavy atom. The van der Waals surface area contributed by atoms with Crippen molar-refractivity contribution in [3.63, 3.8) is 0 Å². The lowest BCUT2D eigenvalue weighted by Crippen LogP contribution is -2.41. The van der Waals surface area contributed by atoms with Gasteiger partial charge in [0.25, 0.3) is 5.91 Å². The summed E-state index contributed by atoms with van der Waals surface area (Å²) in [7, 11) is 0. The molecular formula is C23H26FN5O3S. The average molecular weight is 472 g/mol. The van der Waals surface area contributed by atoms with Gasteiger partial charge >= 0.3 is 0 Å². The van der Waals surface area contributed by atoms with Crippen LogP contribution in [0.15, 0.2) is 30.7 Å². The van der Waals surface area contributed by atoms with Gasteiger partial charge in [-0.3, -0.25) is 4.79 Å². The van der Waals surface area contributed by atoms with Gasteiger partial charge in [-0.2, -0.15) is 0 Å². The molecule has 1 saturated heterocycles. The van der Waals surface area contributed by atoms with E-state index >= 15 is 4.39 Å². The van der Waals surface area contributed by atoms with Gasteiger partial charge in [-0.1, -0.05) is 0 Å². The summed E-state index contributed by atoms with van der Waals surface area (Å²) in [6, 6.07) is 2.59. The molecular weight excluding hydrogens is 445 g/mol. The van der Waals surface area contributed by atoms with Crippen LogP contribution < -0.4 is 15.4 Å². The zero-order valence-corrected chi connectivity index (χ0v) is 19.5. The number of nitrogens with zero attached hydrogens (tertiary/aromatic N) is 3. The van der Waals surface area contributed by atoms with E-state index in [0.717, 1.165) is 17.0 Å². The SMILES string of the molecule is Cc1ncc([C@@H](C)NC(=O)c2cc(OC[C@H]3CNCCO3)cc(-c3ncc(C)s3)c2F)cn1. The topological polar surface area (TPSA) is 98.3 Å². The quantitative estimate of drug-likeness (QED) is 0.546. The lowest BCUT2D eigenvalue weighted by atomic mass is 10.1. The van der Waals surface area contributed by atoms with Crippen molar-refractivity contribution in [2.75, 3.05) is 26.3 Å². The average Bonchev–Trinajstić information content (AvgIpc) is 3.25. The highest BCUT2D eigenvalue weighted by Crippen LogP contribution is 2.33. The molecule has 0 saturated carbocycles. The van der Waals surface area contributed by atoms with Gasteiger partial charge in [0.15, 0.2) is 0 Å². The molecule has 0 aliphatic carbocycles. The second-order valence-corrected chi connectivity index (χ2v) is 9.11. The summed E-state index contributed by atoms with van der Waals surface area (Å²) >= 11 is 1.35. The second kappa shape index (κ2) is 10.3. The fourth-order valence-corrected chi connectivity index (χ4v) is 4.16. The summed E-state index contributed by atoms with van der Waals surface area (Å²) < 4.78 is 27.1. The summed E-state index contributed by atoms with van der Waals surface area (Å²) in [5, 5.41) is 6.55. The van der Waals surface area contributed by atoms with Crippen LogP contribution in [0.4, 0.5) is 4.39 Å². The highest BCUT2D eigenvalue weighted by Gasteiger charge is 2.23. The molecule has 10 heteroatoms. The molecule has 2 aromatic heterocycles. The molecule has 8 nitrogen and oxygen atoms in total. The maximum Gasteiger partial charge on any atom is 0.254 e. The van der Waals surface area contributed by atoms with Gasteiger partial charge in [0, 0.05) is 42.1 Å². The molecule has 2 atom stereocenters. The third kappa shape index (κ3) is 5.70. The fraction of sp³-hybridized carbons (Fsp3) is 0.391. The highest BCUT2D eigenvalue weighted by molar-refractivity contribution is 7.14. The molecule has 33 heavy (non-hydrogen) atoms. The molecule has 0 bridgehead atoms. The first-order valence-corrected chi connectivity index (χ1v) is 11.5. The molecule has 0 radical (unpaired) electrons. The number of carbonyl (C=O) groups excluding carboxylic acids is 1. The van der Waals surface area contributed by atoms with Crippen LogP contribution in [0.2, 0.25) is 0 Å². The Labute approximate surface area is 195 Å². The molecule has 0 unspecified atom stereocenters. The van der Waals surface area contributed by atoms with Gasteiger partial charge in [0.1, 0.15) is 35.1 Å². The van der Waals surface area contributed by atoms with E-state index in [1.54, 1.807) is 38.5 Å². The third-order valence-electron chi connectivity index (χ3n) is 5.23. The number of aromatic nitrogens is 3. The first-order chi connectivity index (χ1) is 15.9. The van der Waals surface area contributed by atoms with Crippen molar-refractivity contribution < 1.29 is 18.7 Å². The number of ether oxygens (including phenoxy) is 2. The van der Waals surface area contributed by atoms with Gasteiger partial charge in [-0.05, 0) is 32.9 Å². The van der Waals surface area contributed by atoms with Crippen molar-refractivity contribution in [1.82, 2.24) is 25.6 Å². The largest absolute Gasteiger partial charge is 0.491 e. The highest BCUT2D eigenvalue weighted by atomic mass is 32.1. The van der Waals surface area contributed by atoms with Gasteiger partial charge in [0.2, 0.25) is 0 Å². The minimum atomic E-state index is -0.642. The maximum atomic E-state index is 15.5. The number of morpholine rings is 1. The van der Waals surface area contributed by atoms with E-state index in [9.17, 15) is 4.79 Å². The molecule has 3 heterocycles. The summed E-state index contributed by atoms with van der Waals surface area (Å²) in [6.45, 7) is 7.83. The first kappa shape index (κ1) is 23.2. The van der Waals surface area contributed by atoms with Crippen molar-refractivity contribution >= 4 is 17.2 Å². The number of amides is 1. The van der Waals surface area contributed by atoms with Crippen LogP contribution in [0.25, 0.3) is 10.6 Å². The van der Waals surface area contributed by atoms with E-state index in [1.807, 2.05) is 6.92 Å². The van der Waals surface area contributed by atoms with Crippen LogP contribution in [-0.2, 0) is 4.74 Å². The molecule has 174 valence electrons. The Balaban J connectivity index is 1.60. The summed E-state index contributed by atoms with van der Waals surface area (Å²) in [4.78, 5) is 26.6. The molecule has 1 aliphatic rings. The van der Waals surface area contributed by atoms with E-state index in [2.05, 4.69) is 25.6 Å². The monoisotopic (exact) mass is 471 g/mol. The van der Waals surface area contributed by atoms with Gasteiger partial charge < -0.3 is 20.1 Å². The van der Waals surface area contributed by atoms with Crippen molar-refractivity contribution in [1.29, 1.82) is 0 Å². The number of hydrogen-bond acceptors (Lipinski definition) is 8. The van der Waals surface area contributed by atoms with Crippen LogP contribution in [0, 0.1) is 19.7 Å². The molecule has 1 aliphatic heterocycles. The molecule has 1 aromatic carbocycles. The Morgan fingerprint density at radius 2 is 2.09 bits per heavy atom. The third-order valence-corrected chi connectivity index (χ3v) is 6.18. The van der Waals surface area contributed by atoms with Crippen LogP contribution in [0.3, 0.4) is 0 Å². The van der Waals surface area contributed by atoms with E-state index in [1.165, 1.54) is 17.4 Å². The number of rotatable bonds is 7. The number of hydrogen-bond donors (Lipinski definition) is 2. The Bertz CT molecular complexity index is 1120. The Kier molecular flexibility index (Phi) is 7.26. The van der Waals surface area contributed by atoms with E-state index in [-0.39, 0.29) is 23.8 Å². The Morgan fingerprint density at radius 1 is 1.30 bits per heavy atom. The summed E-state index contributed by atoms with van der Waals surface area (Å²) in [5.74, 6) is -0.188. The second-order valence-electron chi connectivity index (χ2n) is 7.88. The van der Waals surface area contributed by atoms with Crippen LogP contribution in [-0.4, -0.2) is 53.3 Å². The number of benzene rings is 1. The Hall–Kier alpha value is -2.95.